The van der Waals surface area contributed by atoms with Crippen LogP contribution in [0.5, 0.6) is 0 Å². The Morgan fingerprint density at radius 2 is 1.89 bits per heavy atom. The van der Waals surface area contributed by atoms with Gasteiger partial charge in [-0.1, -0.05) is 27.7 Å². The van der Waals surface area contributed by atoms with Gasteiger partial charge in [-0.3, -0.25) is 4.79 Å². The number of aromatic nitrogens is 2. The van der Waals surface area contributed by atoms with Crippen molar-refractivity contribution < 1.29 is 0 Å². The topological polar surface area (TPSA) is 46.9 Å². The molecule has 0 aliphatic heterocycles. The summed E-state index contributed by atoms with van der Waals surface area (Å²) in [5.41, 5.74) is 0.446. The molecule has 0 aromatic carbocycles. The smallest absolute Gasteiger partial charge is 0.293 e. The minimum atomic E-state index is 0.0264. The Kier molecular flexibility index (Phi) is 2.20. The van der Waals surface area contributed by atoms with Crippen LogP contribution in [0.4, 0.5) is 5.82 Å². The molecule has 2 saturated carbocycles. The number of nitrogens with one attached hydrogen (secondary N) is 1. The second-order valence-corrected chi connectivity index (χ2v) is 6.74. The van der Waals surface area contributed by atoms with Gasteiger partial charge in [0.15, 0.2) is 5.82 Å². The summed E-state index contributed by atoms with van der Waals surface area (Å²) in [6.45, 7) is 8.92. The highest BCUT2D eigenvalue weighted by atomic mass is 16.1. The number of anilines is 1. The van der Waals surface area contributed by atoms with Crippen molar-refractivity contribution in [2.24, 2.45) is 10.8 Å². The zero-order chi connectivity index (χ0) is 13.1. The summed E-state index contributed by atoms with van der Waals surface area (Å²) in [4.78, 5) is 16.5. The molecule has 1 N–H and O–H groups in total. The van der Waals surface area contributed by atoms with Crippen LogP contribution in [0.3, 0.4) is 0 Å². The van der Waals surface area contributed by atoms with Crippen LogP contribution in [0, 0.1) is 10.8 Å². The molecular weight excluding hydrogens is 226 g/mol. The van der Waals surface area contributed by atoms with E-state index in [9.17, 15) is 4.79 Å². The standard InChI is InChI=1S/C14H21N3O/c1-13(2)12(14(13,3)4)16-10-11(18)17(8-7-15-10)9-5-6-9/h7-9,12H,5-6H2,1-4H3,(H,15,16). The Labute approximate surface area is 107 Å². The third-order valence-electron chi connectivity index (χ3n) is 5.11. The molecule has 4 nitrogen and oxygen atoms in total. The zero-order valence-corrected chi connectivity index (χ0v) is 11.5. The van der Waals surface area contributed by atoms with Gasteiger partial charge in [-0.05, 0) is 23.7 Å². The van der Waals surface area contributed by atoms with Crippen molar-refractivity contribution in [2.45, 2.75) is 52.6 Å². The molecule has 18 heavy (non-hydrogen) atoms. The van der Waals surface area contributed by atoms with Crippen molar-refractivity contribution >= 4 is 5.82 Å². The first-order valence-electron chi connectivity index (χ1n) is 6.69. The van der Waals surface area contributed by atoms with Crippen LogP contribution in [-0.2, 0) is 0 Å². The van der Waals surface area contributed by atoms with Gasteiger partial charge in [0.2, 0.25) is 0 Å². The van der Waals surface area contributed by atoms with Crippen LogP contribution >= 0.6 is 0 Å². The van der Waals surface area contributed by atoms with E-state index in [0.717, 1.165) is 12.8 Å². The highest BCUT2D eigenvalue weighted by Gasteiger charge is 2.65. The second-order valence-electron chi connectivity index (χ2n) is 6.74. The van der Waals surface area contributed by atoms with E-state index in [0.29, 0.717) is 17.9 Å². The van der Waals surface area contributed by atoms with E-state index >= 15 is 0 Å². The maximum Gasteiger partial charge on any atom is 0.293 e. The zero-order valence-electron chi connectivity index (χ0n) is 11.5. The summed E-state index contributed by atoms with van der Waals surface area (Å²) in [5, 5.41) is 3.34. The van der Waals surface area contributed by atoms with E-state index in [1.165, 1.54) is 0 Å². The van der Waals surface area contributed by atoms with Gasteiger partial charge < -0.3 is 9.88 Å². The SMILES string of the molecule is CC1(C)C(Nc2nccn(C3CC3)c2=O)C1(C)C. The third-order valence-corrected chi connectivity index (χ3v) is 5.11. The Bertz CT molecular complexity index is 526. The van der Waals surface area contributed by atoms with Gasteiger partial charge in [-0.15, -0.1) is 0 Å². The molecule has 2 aliphatic rings. The molecule has 1 aromatic rings. The van der Waals surface area contributed by atoms with Gasteiger partial charge in [-0.2, -0.15) is 0 Å². The van der Waals surface area contributed by atoms with Gasteiger partial charge in [-0.25, -0.2) is 4.98 Å². The quantitative estimate of drug-likeness (QED) is 0.892. The average Bonchev–Trinajstić information content (AvgIpc) is 3.16. The monoisotopic (exact) mass is 247 g/mol. The fourth-order valence-corrected chi connectivity index (χ4v) is 2.86. The molecule has 0 spiro atoms. The molecule has 0 unspecified atom stereocenters. The van der Waals surface area contributed by atoms with Crippen LogP contribution in [0.15, 0.2) is 17.2 Å². The van der Waals surface area contributed by atoms with Crippen molar-refractivity contribution in [3.05, 3.63) is 22.7 Å². The highest BCUT2D eigenvalue weighted by Crippen LogP contribution is 2.63. The van der Waals surface area contributed by atoms with E-state index in [1.807, 2.05) is 4.57 Å². The highest BCUT2D eigenvalue weighted by molar-refractivity contribution is 5.40. The lowest BCUT2D eigenvalue weighted by Crippen LogP contribution is -2.26. The molecule has 0 radical (unpaired) electrons. The summed E-state index contributed by atoms with van der Waals surface area (Å²) in [6, 6.07) is 0.724. The maximum atomic E-state index is 12.3. The number of nitrogens with zero attached hydrogens (tertiary/aromatic N) is 2. The molecule has 1 aromatic heterocycles. The van der Waals surface area contributed by atoms with E-state index < -0.39 is 0 Å². The minimum absolute atomic E-state index is 0.0264. The summed E-state index contributed by atoms with van der Waals surface area (Å²) < 4.78 is 1.82. The van der Waals surface area contributed by atoms with E-state index in [-0.39, 0.29) is 16.4 Å². The Morgan fingerprint density at radius 1 is 1.28 bits per heavy atom. The third kappa shape index (κ3) is 1.51. The van der Waals surface area contributed by atoms with Gasteiger partial charge >= 0.3 is 0 Å². The number of hydrogen-bond donors (Lipinski definition) is 1. The Hall–Kier alpha value is -1.32. The lowest BCUT2D eigenvalue weighted by atomic mass is 10.0. The first-order valence-corrected chi connectivity index (χ1v) is 6.69. The Balaban J connectivity index is 1.87. The molecule has 0 amide bonds. The summed E-state index contributed by atoms with van der Waals surface area (Å²) >= 11 is 0. The second kappa shape index (κ2) is 3.37. The molecule has 2 fully saturated rings. The molecule has 0 bridgehead atoms. The molecule has 98 valence electrons. The first-order chi connectivity index (χ1) is 8.35. The van der Waals surface area contributed by atoms with E-state index in [2.05, 4.69) is 38.0 Å². The molecule has 0 atom stereocenters. The lowest BCUT2D eigenvalue weighted by Gasteiger charge is -2.09. The van der Waals surface area contributed by atoms with Crippen molar-refractivity contribution in [1.29, 1.82) is 0 Å². The number of rotatable bonds is 3. The van der Waals surface area contributed by atoms with Crippen molar-refractivity contribution in [2.75, 3.05) is 5.32 Å². The van der Waals surface area contributed by atoms with Gasteiger partial charge in [0.25, 0.3) is 5.56 Å². The largest absolute Gasteiger partial charge is 0.362 e. The van der Waals surface area contributed by atoms with Gasteiger partial charge in [0, 0.05) is 24.5 Å². The fourth-order valence-electron chi connectivity index (χ4n) is 2.86. The van der Waals surface area contributed by atoms with Crippen LogP contribution in [0.1, 0.15) is 46.6 Å². The van der Waals surface area contributed by atoms with Crippen molar-refractivity contribution in [3.63, 3.8) is 0 Å². The molecular formula is C14H21N3O. The summed E-state index contributed by atoms with van der Waals surface area (Å²) in [6.07, 6.45) is 5.76. The van der Waals surface area contributed by atoms with E-state index in [4.69, 9.17) is 0 Å². The summed E-state index contributed by atoms with van der Waals surface area (Å²) in [7, 11) is 0. The summed E-state index contributed by atoms with van der Waals surface area (Å²) in [5.74, 6) is 0.507. The molecule has 4 heteroatoms. The fraction of sp³-hybridized carbons (Fsp3) is 0.714. The maximum absolute atomic E-state index is 12.3. The van der Waals surface area contributed by atoms with Crippen molar-refractivity contribution in [1.82, 2.24) is 9.55 Å². The van der Waals surface area contributed by atoms with Crippen LogP contribution in [0.2, 0.25) is 0 Å². The van der Waals surface area contributed by atoms with Gasteiger partial charge in [0.05, 0.1) is 0 Å². The van der Waals surface area contributed by atoms with Crippen LogP contribution in [-0.4, -0.2) is 15.6 Å². The predicted molar refractivity (Wildman–Crippen MR) is 71.7 cm³/mol. The van der Waals surface area contributed by atoms with Gasteiger partial charge in [0.1, 0.15) is 0 Å². The first kappa shape index (κ1) is 11.8. The number of hydrogen-bond acceptors (Lipinski definition) is 3. The van der Waals surface area contributed by atoms with Crippen molar-refractivity contribution in [3.8, 4) is 0 Å². The van der Waals surface area contributed by atoms with Crippen LogP contribution < -0.4 is 10.9 Å². The minimum Gasteiger partial charge on any atom is -0.362 e. The normalized spacial score (nSPS) is 24.9. The molecule has 2 aliphatic carbocycles. The van der Waals surface area contributed by atoms with E-state index in [1.54, 1.807) is 12.4 Å². The lowest BCUT2D eigenvalue weighted by molar-refractivity contribution is 0.457. The molecule has 0 saturated heterocycles. The van der Waals surface area contributed by atoms with Crippen LogP contribution in [0.25, 0.3) is 0 Å². The molecule has 1 heterocycles. The molecule has 3 rings (SSSR count). The Morgan fingerprint density at radius 3 is 2.39 bits per heavy atom. The predicted octanol–water partition coefficient (Wildman–Crippen LogP) is 2.42. The average molecular weight is 247 g/mol.